The summed E-state index contributed by atoms with van der Waals surface area (Å²) in [4.78, 5) is 23.0. The SMILES string of the molecule is CCOc1ccc(NC(=O)CCNS(=O)(=O)c2ccc(NC(C)=O)cc2)cc1. The third-order valence-electron chi connectivity index (χ3n) is 3.58. The number of hydrogen-bond donors (Lipinski definition) is 3. The second-order valence-corrected chi connectivity index (χ2v) is 7.63. The number of carbonyl (C=O) groups is 2. The molecule has 0 aliphatic carbocycles. The quantitative estimate of drug-likeness (QED) is 0.593. The molecule has 0 heterocycles. The topological polar surface area (TPSA) is 114 Å². The Balaban J connectivity index is 1.83. The second-order valence-electron chi connectivity index (χ2n) is 5.86. The summed E-state index contributed by atoms with van der Waals surface area (Å²) in [5.74, 6) is 0.151. The molecule has 2 aromatic rings. The van der Waals surface area contributed by atoms with Gasteiger partial charge < -0.3 is 15.4 Å². The molecule has 0 aliphatic rings. The predicted molar refractivity (Wildman–Crippen MR) is 107 cm³/mol. The van der Waals surface area contributed by atoms with Gasteiger partial charge in [-0.3, -0.25) is 9.59 Å². The van der Waals surface area contributed by atoms with Gasteiger partial charge in [0.05, 0.1) is 11.5 Å². The fraction of sp³-hybridized carbons (Fsp3) is 0.263. The van der Waals surface area contributed by atoms with Crippen LogP contribution in [0.2, 0.25) is 0 Å². The van der Waals surface area contributed by atoms with Gasteiger partial charge in [-0.1, -0.05) is 0 Å². The summed E-state index contributed by atoms with van der Waals surface area (Å²) in [6.07, 6.45) is -0.0174. The van der Waals surface area contributed by atoms with Crippen LogP contribution in [0.4, 0.5) is 11.4 Å². The minimum Gasteiger partial charge on any atom is -0.494 e. The van der Waals surface area contributed by atoms with Gasteiger partial charge >= 0.3 is 0 Å². The number of nitrogens with one attached hydrogen (secondary N) is 3. The van der Waals surface area contributed by atoms with E-state index in [1.165, 1.54) is 31.2 Å². The highest BCUT2D eigenvalue weighted by molar-refractivity contribution is 7.89. The van der Waals surface area contributed by atoms with Crippen molar-refractivity contribution in [2.75, 3.05) is 23.8 Å². The van der Waals surface area contributed by atoms with Crippen molar-refractivity contribution in [1.82, 2.24) is 4.72 Å². The second kappa shape index (κ2) is 9.86. The highest BCUT2D eigenvalue weighted by Crippen LogP contribution is 2.16. The van der Waals surface area contributed by atoms with Crippen LogP contribution >= 0.6 is 0 Å². The molecule has 150 valence electrons. The summed E-state index contributed by atoms with van der Waals surface area (Å²) in [6.45, 7) is 3.76. The molecule has 28 heavy (non-hydrogen) atoms. The fourth-order valence-electron chi connectivity index (χ4n) is 2.33. The van der Waals surface area contributed by atoms with Crippen LogP contribution in [0.3, 0.4) is 0 Å². The van der Waals surface area contributed by atoms with Gasteiger partial charge in [-0.05, 0) is 55.5 Å². The van der Waals surface area contributed by atoms with Crippen molar-refractivity contribution in [3.63, 3.8) is 0 Å². The highest BCUT2D eigenvalue weighted by atomic mass is 32.2. The maximum absolute atomic E-state index is 12.3. The van der Waals surface area contributed by atoms with Gasteiger partial charge in [0.1, 0.15) is 5.75 Å². The molecule has 0 spiro atoms. The summed E-state index contributed by atoms with van der Waals surface area (Å²) < 4.78 is 32.2. The molecule has 0 aliphatic heterocycles. The Morgan fingerprint density at radius 1 is 0.929 bits per heavy atom. The van der Waals surface area contributed by atoms with E-state index in [0.717, 1.165) is 0 Å². The smallest absolute Gasteiger partial charge is 0.240 e. The first-order chi connectivity index (χ1) is 13.3. The molecular formula is C19H23N3O5S. The molecule has 0 atom stereocenters. The number of carbonyl (C=O) groups excluding carboxylic acids is 2. The lowest BCUT2D eigenvalue weighted by molar-refractivity contribution is -0.116. The molecule has 2 aromatic carbocycles. The first-order valence-electron chi connectivity index (χ1n) is 8.70. The molecule has 2 rings (SSSR count). The van der Waals surface area contributed by atoms with E-state index in [0.29, 0.717) is 23.7 Å². The molecule has 0 radical (unpaired) electrons. The van der Waals surface area contributed by atoms with Gasteiger partial charge in [0.2, 0.25) is 21.8 Å². The predicted octanol–water partition coefficient (Wildman–Crippen LogP) is 2.35. The van der Waals surface area contributed by atoms with Gasteiger partial charge in [0.25, 0.3) is 0 Å². The van der Waals surface area contributed by atoms with Crippen molar-refractivity contribution in [1.29, 1.82) is 0 Å². The average molecular weight is 405 g/mol. The Bertz CT molecular complexity index is 910. The third-order valence-corrected chi connectivity index (χ3v) is 5.06. The molecular weight excluding hydrogens is 382 g/mol. The number of rotatable bonds is 9. The lowest BCUT2D eigenvalue weighted by Gasteiger charge is -2.09. The van der Waals surface area contributed by atoms with E-state index in [4.69, 9.17) is 4.74 Å². The Morgan fingerprint density at radius 2 is 1.50 bits per heavy atom. The number of sulfonamides is 1. The van der Waals surface area contributed by atoms with Crippen molar-refractivity contribution in [3.05, 3.63) is 48.5 Å². The van der Waals surface area contributed by atoms with Crippen LogP contribution in [-0.4, -0.2) is 33.4 Å². The van der Waals surface area contributed by atoms with Crippen LogP contribution in [0.1, 0.15) is 20.3 Å². The fourth-order valence-corrected chi connectivity index (χ4v) is 3.36. The Labute approximate surface area is 164 Å². The van der Waals surface area contributed by atoms with E-state index >= 15 is 0 Å². The van der Waals surface area contributed by atoms with Crippen molar-refractivity contribution < 1.29 is 22.7 Å². The van der Waals surface area contributed by atoms with E-state index in [1.807, 2.05) is 6.92 Å². The third kappa shape index (κ3) is 6.67. The van der Waals surface area contributed by atoms with Crippen molar-refractivity contribution in [2.45, 2.75) is 25.2 Å². The van der Waals surface area contributed by atoms with Crippen molar-refractivity contribution in [2.24, 2.45) is 0 Å². The zero-order valence-electron chi connectivity index (χ0n) is 15.7. The zero-order chi connectivity index (χ0) is 20.6. The van der Waals surface area contributed by atoms with Crippen LogP contribution in [0.5, 0.6) is 5.75 Å². The van der Waals surface area contributed by atoms with Gasteiger partial charge in [0.15, 0.2) is 0 Å². The summed E-state index contributed by atoms with van der Waals surface area (Å²) >= 11 is 0. The summed E-state index contributed by atoms with van der Waals surface area (Å²) in [6, 6.07) is 12.7. The van der Waals surface area contributed by atoms with Gasteiger partial charge in [0, 0.05) is 31.3 Å². The minimum absolute atomic E-state index is 0.0174. The first-order valence-corrected chi connectivity index (χ1v) is 10.2. The zero-order valence-corrected chi connectivity index (χ0v) is 16.5. The number of amides is 2. The van der Waals surface area contributed by atoms with Gasteiger partial charge in [-0.25, -0.2) is 13.1 Å². The number of ether oxygens (including phenoxy) is 1. The lowest BCUT2D eigenvalue weighted by Crippen LogP contribution is -2.27. The van der Waals surface area contributed by atoms with Crippen LogP contribution < -0.4 is 20.1 Å². The molecule has 3 N–H and O–H groups in total. The van der Waals surface area contributed by atoms with Crippen molar-refractivity contribution in [3.8, 4) is 5.75 Å². The van der Waals surface area contributed by atoms with E-state index in [2.05, 4.69) is 15.4 Å². The monoisotopic (exact) mass is 405 g/mol. The maximum Gasteiger partial charge on any atom is 0.240 e. The molecule has 0 bridgehead atoms. The summed E-state index contributed by atoms with van der Waals surface area (Å²) in [7, 11) is -3.75. The standard InChI is InChI=1S/C19H23N3O5S/c1-3-27-17-8-4-16(5-9-17)22-19(24)12-13-20-28(25,26)18-10-6-15(7-11-18)21-14(2)23/h4-11,20H,3,12-13H2,1-2H3,(H,21,23)(H,22,24). The van der Waals surface area contributed by atoms with E-state index in [1.54, 1.807) is 24.3 Å². The lowest BCUT2D eigenvalue weighted by atomic mass is 10.3. The molecule has 9 heteroatoms. The molecule has 0 saturated carbocycles. The van der Waals surface area contributed by atoms with Crippen LogP contribution in [0.15, 0.2) is 53.4 Å². The molecule has 0 fully saturated rings. The summed E-state index contributed by atoms with van der Waals surface area (Å²) in [5.41, 5.74) is 1.10. The molecule has 0 aromatic heterocycles. The molecule has 2 amide bonds. The minimum atomic E-state index is -3.75. The average Bonchev–Trinajstić information content (AvgIpc) is 2.63. The normalized spacial score (nSPS) is 10.9. The Hall–Kier alpha value is -2.91. The van der Waals surface area contributed by atoms with Crippen LogP contribution in [0, 0.1) is 0 Å². The number of hydrogen-bond acceptors (Lipinski definition) is 5. The largest absolute Gasteiger partial charge is 0.494 e. The summed E-state index contributed by atoms with van der Waals surface area (Å²) in [5, 5.41) is 5.25. The van der Waals surface area contributed by atoms with E-state index < -0.39 is 10.0 Å². The van der Waals surface area contributed by atoms with Crippen molar-refractivity contribution >= 4 is 33.2 Å². The molecule has 0 unspecified atom stereocenters. The van der Waals surface area contributed by atoms with Crippen LogP contribution in [-0.2, 0) is 19.6 Å². The Kier molecular flexibility index (Phi) is 7.53. The Morgan fingerprint density at radius 3 is 2.07 bits per heavy atom. The van der Waals surface area contributed by atoms with Crippen LogP contribution in [0.25, 0.3) is 0 Å². The molecule has 8 nitrogen and oxygen atoms in total. The van der Waals surface area contributed by atoms with E-state index in [9.17, 15) is 18.0 Å². The maximum atomic E-state index is 12.3. The van der Waals surface area contributed by atoms with E-state index in [-0.39, 0.29) is 29.7 Å². The highest BCUT2D eigenvalue weighted by Gasteiger charge is 2.14. The van der Waals surface area contributed by atoms with Gasteiger partial charge in [-0.2, -0.15) is 0 Å². The first kappa shape index (κ1) is 21.4. The number of anilines is 2. The number of benzene rings is 2. The molecule has 0 saturated heterocycles. The van der Waals surface area contributed by atoms with Gasteiger partial charge in [-0.15, -0.1) is 0 Å².